The fourth-order valence-electron chi connectivity index (χ4n) is 1.61. The third kappa shape index (κ3) is 4.75. The van der Waals surface area contributed by atoms with Crippen molar-refractivity contribution < 1.29 is 0 Å². The molecule has 1 aromatic heterocycles. The fourth-order valence-corrected chi connectivity index (χ4v) is 1.61. The van der Waals surface area contributed by atoms with Crippen LogP contribution in [0.1, 0.15) is 43.7 Å². The van der Waals surface area contributed by atoms with E-state index in [4.69, 9.17) is 5.73 Å². The molecule has 0 aliphatic heterocycles. The zero-order valence-electron chi connectivity index (χ0n) is 9.23. The summed E-state index contributed by atoms with van der Waals surface area (Å²) in [7, 11) is 0. The van der Waals surface area contributed by atoms with Crippen LogP contribution in [0, 0.1) is 0 Å². The Kier molecular flexibility index (Phi) is 5.71. The second-order valence-corrected chi connectivity index (χ2v) is 3.81. The summed E-state index contributed by atoms with van der Waals surface area (Å²) in [6.07, 6.45) is 11.4. The van der Waals surface area contributed by atoms with E-state index >= 15 is 0 Å². The van der Waals surface area contributed by atoms with Gasteiger partial charge in [0.2, 0.25) is 0 Å². The smallest absolute Gasteiger partial charge is 0.0295 e. The first kappa shape index (κ1) is 11.9. The molecule has 0 bridgehead atoms. The average molecular weight is 204 g/mol. The quantitative estimate of drug-likeness (QED) is 0.547. The molecule has 0 saturated heterocycles. The molecule has 0 aliphatic carbocycles. The van der Waals surface area contributed by atoms with E-state index in [9.17, 15) is 0 Å². The van der Waals surface area contributed by atoms with E-state index in [1.807, 2.05) is 18.2 Å². The molecule has 2 N–H and O–H groups in total. The van der Waals surface area contributed by atoms with Crippen LogP contribution in [0.3, 0.4) is 0 Å². The van der Waals surface area contributed by atoms with E-state index in [1.165, 1.54) is 24.8 Å². The normalized spacial score (nSPS) is 12.3. The van der Waals surface area contributed by atoms with Crippen LogP contribution in [0.25, 0.3) is 0 Å². The van der Waals surface area contributed by atoms with Crippen LogP contribution >= 0.6 is 0 Å². The van der Waals surface area contributed by atoms with Crippen LogP contribution in [0.4, 0.5) is 0 Å². The second-order valence-electron chi connectivity index (χ2n) is 3.81. The number of allylic oxidation sites excluding steroid dienone is 1. The number of unbranched alkanes of at least 4 members (excludes halogenated alkanes) is 3. The van der Waals surface area contributed by atoms with E-state index in [0.29, 0.717) is 0 Å². The molecule has 1 rings (SSSR count). The van der Waals surface area contributed by atoms with Gasteiger partial charge < -0.3 is 5.73 Å². The first-order valence-electron chi connectivity index (χ1n) is 5.61. The zero-order chi connectivity index (χ0) is 10.9. The number of rotatable bonds is 7. The van der Waals surface area contributed by atoms with Gasteiger partial charge in [0.05, 0.1) is 0 Å². The minimum atomic E-state index is 0.164. The molecule has 1 atom stereocenters. The summed E-state index contributed by atoms with van der Waals surface area (Å²) in [4.78, 5) is 3.98. The summed E-state index contributed by atoms with van der Waals surface area (Å²) in [5, 5.41) is 0. The Morgan fingerprint density at radius 1 is 1.27 bits per heavy atom. The number of aromatic nitrogens is 1. The highest BCUT2D eigenvalue weighted by Gasteiger charge is 2.04. The molecule has 1 unspecified atom stereocenters. The number of hydrogen-bond donors (Lipinski definition) is 1. The standard InChI is InChI=1S/C13H20N2/c1-2-3-4-5-6-7-13(14)12-8-10-15-11-9-12/h2,8-11,13H,1,3-7,14H2. The first-order chi connectivity index (χ1) is 7.34. The van der Waals surface area contributed by atoms with Gasteiger partial charge in [-0.2, -0.15) is 0 Å². The Morgan fingerprint density at radius 3 is 2.67 bits per heavy atom. The van der Waals surface area contributed by atoms with Crippen molar-refractivity contribution in [1.82, 2.24) is 4.98 Å². The Balaban J connectivity index is 2.19. The van der Waals surface area contributed by atoms with Gasteiger partial charge >= 0.3 is 0 Å². The maximum atomic E-state index is 6.06. The first-order valence-corrected chi connectivity index (χ1v) is 5.61. The van der Waals surface area contributed by atoms with Crippen LogP contribution in [0.5, 0.6) is 0 Å². The Bertz CT molecular complexity index is 269. The molecular weight excluding hydrogens is 184 g/mol. The van der Waals surface area contributed by atoms with Crippen LogP contribution in [-0.2, 0) is 0 Å². The second kappa shape index (κ2) is 7.18. The summed E-state index contributed by atoms with van der Waals surface area (Å²) < 4.78 is 0. The lowest BCUT2D eigenvalue weighted by Gasteiger charge is -2.10. The van der Waals surface area contributed by atoms with E-state index in [-0.39, 0.29) is 6.04 Å². The molecule has 0 radical (unpaired) electrons. The largest absolute Gasteiger partial charge is 0.324 e. The van der Waals surface area contributed by atoms with Gasteiger partial charge in [0.1, 0.15) is 0 Å². The molecule has 2 heteroatoms. The van der Waals surface area contributed by atoms with Crippen molar-refractivity contribution in [2.45, 2.75) is 38.1 Å². The highest BCUT2D eigenvalue weighted by Crippen LogP contribution is 2.16. The number of nitrogens with zero attached hydrogens (tertiary/aromatic N) is 1. The average Bonchev–Trinajstić information content (AvgIpc) is 2.30. The summed E-state index contributed by atoms with van der Waals surface area (Å²) in [6.45, 7) is 3.71. The minimum Gasteiger partial charge on any atom is -0.324 e. The fraction of sp³-hybridized carbons (Fsp3) is 0.462. The summed E-state index contributed by atoms with van der Waals surface area (Å²) >= 11 is 0. The van der Waals surface area contributed by atoms with Gasteiger partial charge in [-0.05, 0) is 37.0 Å². The summed E-state index contributed by atoms with van der Waals surface area (Å²) in [6, 6.07) is 4.15. The van der Waals surface area contributed by atoms with Gasteiger partial charge in [0.15, 0.2) is 0 Å². The van der Waals surface area contributed by atoms with Crippen LogP contribution < -0.4 is 5.73 Å². The number of nitrogens with two attached hydrogens (primary N) is 1. The molecule has 0 fully saturated rings. The molecule has 82 valence electrons. The number of pyridine rings is 1. The van der Waals surface area contributed by atoms with E-state index in [0.717, 1.165) is 12.8 Å². The van der Waals surface area contributed by atoms with Crippen molar-refractivity contribution in [3.05, 3.63) is 42.7 Å². The van der Waals surface area contributed by atoms with Crippen molar-refractivity contribution in [2.75, 3.05) is 0 Å². The van der Waals surface area contributed by atoms with E-state index in [1.54, 1.807) is 12.4 Å². The Hall–Kier alpha value is -1.15. The lowest BCUT2D eigenvalue weighted by molar-refractivity contribution is 0.572. The molecule has 0 amide bonds. The maximum Gasteiger partial charge on any atom is 0.0295 e. The van der Waals surface area contributed by atoms with Crippen LogP contribution in [0.2, 0.25) is 0 Å². The van der Waals surface area contributed by atoms with Crippen LogP contribution in [-0.4, -0.2) is 4.98 Å². The third-order valence-electron chi connectivity index (χ3n) is 2.56. The Labute approximate surface area is 92.2 Å². The molecule has 0 aliphatic rings. The molecule has 0 saturated carbocycles. The number of hydrogen-bond acceptors (Lipinski definition) is 2. The van der Waals surface area contributed by atoms with E-state index in [2.05, 4.69) is 11.6 Å². The molecule has 0 aromatic carbocycles. The van der Waals surface area contributed by atoms with E-state index < -0.39 is 0 Å². The maximum absolute atomic E-state index is 6.06. The highest BCUT2D eigenvalue weighted by molar-refractivity contribution is 5.13. The van der Waals surface area contributed by atoms with Gasteiger partial charge in [-0.3, -0.25) is 4.98 Å². The van der Waals surface area contributed by atoms with Gasteiger partial charge in [0, 0.05) is 18.4 Å². The topological polar surface area (TPSA) is 38.9 Å². The predicted octanol–water partition coefficient (Wildman–Crippen LogP) is 3.22. The molecule has 15 heavy (non-hydrogen) atoms. The monoisotopic (exact) mass is 204 g/mol. The lowest BCUT2D eigenvalue weighted by atomic mass is 10.0. The van der Waals surface area contributed by atoms with Crippen molar-refractivity contribution in [1.29, 1.82) is 0 Å². The van der Waals surface area contributed by atoms with Gasteiger partial charge in [-0.1, -0.05) is 18.9 Å². The van der Waals surface area contributed by atoms with Crippen molar-refractivity contribution in [3.8, 4) is 0 Å². The Morgan fingerprint density at radius 2 is 2.00 bits per heavy atom. The lowest BCUT2D eigenvalue weighted by Crippen LogP contribution is -2.09. The molecular formula is C13H20N2. The zero-order valence-corrected chi connectivity index (χ0v) is 9.23. The molecule has 2 nitrogen and oxygen atoms in total. The predicted molar refractivity (Wildman–Crippen MR) is 64.4 cm³/mol. The van der Waals surface area contributed by atoms with Gasteiger partial charge in [-0.25, -0.2) is 0 Å². The van der Waals surface area contributed by atoms with Gasteiger partial charge in [0.25, 0.3) is 0 Å². The summed E-state index contributed by atoms with van der Waals surface area (Å²) in [5.41, 5.74) is 7.25. The third-order valence-corrected chi connectivity index (χ3v) is 2.56. The van der Waals surface area contributed by atoms with Crippen LogP contribution in [0.15, 0.2) is 37.2 Å². The highest BCUT2D eigenvalue weighted by atomic mass is 14.6. The summed E-state index contributed by atoms with van der Waals surface area (Å²) in [5.74, 6) is 0. The van der Waals surface area contributed by atoms with Gasteiger partial charge in [-0.15, -0.1) is 6.58 Å². The molecule has 1 aromatic rings. The minimum absolute atomic E-state index is 0.164. The molecule has 0 spiro atoms. The van der Waals surface area contributed by atoms with Crippen molar-refractivity contribution in [2.24, 2.45) is 5.73 Å². The molecule has 1 heterocycles. The van der Waals surface area contributed by atoms with Crippen molar-refractivity contribution in [3.63, 3.8) is 0 Å². The van der Waals surface area contributed by atoms with Crippen molar-refractivity contribution >= 4 is 0 Å². The SMILES string of the molecule is C=CCCCCCC(N)c1ccncc1.